The molecule has 0 aliphatic carbocycles. The predicted octanol–water partition coefficient (Wildman–Crippen LogP) is 2.69. The zero-order valence-electron chi connectivity index (χ0n) is 14.0. The van der Waals surface area contributed by atoms with Gasteiger partial charge < -0.3 is 15.3 Å². The van der Waals surface area contributed by atoms with Crippen molar-refractivity contribution in [2.45, 2.75) is 25.3 Å². The van der Waals surface area contributed by atoms with Crippen molar-refractivity contribution < 1.29 is 9.50 Å². The molecule has 4 N–H and O–H groups in total. The SMILES string of the molecule is Cc1cc(O)ccc1NC1NNC(c2ccc(N(C)C)cc2)C1F. The topological polar surface area (TPSA) is 59.6 Å². The Morgan fingerprint density at radius 2 is 1.79 bits per heavy atom. The third kappa shape index (κ3) is 3.29. The summed E-state index contributed by atoms with van der Waals surface area (Å²) in [6, 6.07) is 12.4. The predicted molar refractivity (Wildman–Crippen MR) is 94.9 cm³/mol. The molecule has 0 bridgehead atoms. The van der Waals surface area contributed by atoms with E-state index in [9.17, 15) is 9.50 Å². The van der Waals surface area contributed by atoms with Crippen LogP contribution in [0.1, 0.15) is 17.2 Å². The van der Waals surface area contributed by atoms with Gasteiger partial charge in [0.05, 0.1) is 6.04 Å². The van der Waals surface area contributed by atoms with Gasteiger partial charge in [-0.25, -0.2) is 15.2 Å². The highest BCUT2D eigenvalue weighted by Crippen LogP contribution is 2.29. The van der Waals surface area contributed by atoms with Crippen molar-refractivity contribution in [3.8, 4) is 5.75 Å². The van der Waals surface area contributed by atoms with Crippen molar-refractivity contribution in [2.75, 3.05) is 24.3 Å². The Kier molecular flexibility index (Phi) is 4.59. The van der Waals surface area contributed by atoms with E-state index >= 15 is 0 Å². The van der Waals surface area contributed by atoms with Crippen LogP contribution in [-0.4, -0.2) is 31.5 Å². The van der Waals surface area contributed by atoms with Gasteiger partial charge >= 0.3 is 0 Å². The van der Waals surface area contributed by atoms with Crippen LogP contribution < -0.4 is 21.1 Å². The van der Waals surface area contributed by atoms with Gasteiger partial charge in [-0.1, -0.05) is 12.1 Å². The Balaban J connectivity index is 1.71. The molecule has 0 spiro atoms. The van der Waals surface area contributed by atoms with Crippen molar-refractivity contribution in [1.82, 2.24) is 10.9 Å². The molecule has 3 unspecified atom stereocenters. The molecule has 0 saturated carbocycles. The largest absolute Gasteiger partial charge is 0.508 e. The number of anilines is 2. The molecule has 0 radical (unpaired) electrons. The molecule has 1 aliphatic heterocycles. The minimum absolute atomic E-state index is 0.200. The number of aryl methyl sites for hydroxylation is 1. The molecular weight excluding hydrogens is 307 g/mol. The van der Waals surface area contributed by atoms with Crippen LogP contribution in [0.5, 0.6) is 5.75 Å². The average Bonchev–Trinajstić information content (AvgIpc) is 2.91. The average molecular weight is 330 g/mol. The fourth-order valence-electron chi connectivity index (χ4n) is 2.87. The Bertz CT molecular complexity index is 705. The fourth-order valence-corrected chi connectivity index (χ4v) is 2.87. The lowest BCUT2D eigenvalue weighted by Gasteiger charge is -2.20. The second kappa shape index (κ2) is 6.67. The van der Waals surface area contributed by atoms with E-state index in [0.717, 1.165) is 22.5 Å². The highest BCUT2D eigenvalue weighted by molar-refractivity contribution is 5.54. The molecule has 1 heterocycles. The summed E-state index contributed by atoms with van der Waals surface area (Å²) in [4.78, 5) is 2.01. The lowest BCUT2D eigenvalue weighted by atomic mass is 10.0. The molecule has 128 valence electrons. The summed E-state index contributed by atoms with van der Waals surface area (Å²) in [6.07, 6.45) is -1.69. The summed E-state index contributed by atoms with van der Waals surface area (Å²) in [7, 11) is 3.95. The minimum Gasteiger partial charge on any atom is -0.508 e. The van der Waals surface area contributed by atoms with Gasteiger partial charge in [-0.05, 0) is 48.4 Å². The van der Waals surface area contributed by atoms with E-state index in [1.165, 1.54) is 0 Å². The van der Waals surface area contributed by atoms with Gasteiger partial charge in [-0.15, -0.1) is 0 Å². The number of nitrogens with one attached hydrogen (secondary N) is 3. The Morgan fingerprint density at radius 1 is 1.08 bits per heavy atom. The maximum atomic E-state index is 14.8. The van der Waals surface area contributed by atoms with Gasteiger partial charge in [0.1, 0.15) is 11.9 Å². The number of phenolic OH excluding ortho intramolecular Hbond substituents is 1. The maximum Gasteiger partial charge on any atom is 0.155 e. The zero-order valence-corrected chi connectivity index (χ0v) is 14.0. The van der Waals surface area contributed by atoms with Crippen LogP contribution >= 0.6 is 0 Å². The van der Waals surface area contributed by atoms with Crippen LogP contribution in [-0.2, 0) is 0 Å². The highest BCUT2D eigenvalue weighted by Gasteiger charge is 2.37. The quantitative estimate of drug-likeness (QED) is 0.650. The van der Waals surface area contributed by atoms with E-state index in [4.69, 9.17) is 0 Å². The van der Waals surface area contributed by atoms with Gasteiger partial charge in [-0.2, -0.15) is 0 Å². The zero-order chi connectivity index (χ0) is 17.3. The van der Waals surface area contributed by atoms with Crippen molar-refractivity contribution in [3.05, 3.63) is 53.6 Å². The van der Waals surface area contributed by atoms with Crippen LogP contribution in [0.3, 0.4) is 0 Å². The van der Waals surface area contributed by atoms with Gasteiger partial charge in [0.2, 0.25) is 0 Å². The summed E-state index contributed by atoms with van der Waals surface area (Å²) in [5.41, 5.74) is 9.62. The first-order valence-electron chi connectivity index (χ1n) is 7.94. The molecule has 5 nitrogen and oxygen atoms in total. The van der Waals surface area contributed by atoms with Gasteiger partial charge in [0, 0.05) is 25.5 Å². The normalized spacial score (nSPS) is 23.2. The number of benzene rings is 2. The van der Waals surface area contributed by atoms with Gasteiger partial charge in [0.15, 0.2) is 6.17 Å². The number of hydrazine groups is 1. The van der Waals surface area contributed by atoms with Gasteiger partial charge in [-0.3, -0.25) is 0 Å². The molecule has 1 saturated heterocycles. The Hall–Kier alpha value is -2.31. The first-order chi connectivity index (χ1) is 11.5. The molecule has 2 aromatic rings. The Labute approximate surface area is 141 Å². The number of halogens is 1. The maximum absolute atomic E-state index is 14.8. The Morgan fingerprint density at radius 3 is 2.42 bits per heavy atom. The summed E-state index contributed by atoms with van der Waals surface area (Å²) in [6.45, 7) is 1.87. The van der Waals surface area contributed by atoms with Crippen molar-refractivity contribution in [1.29, 1.82) is 0 Å². The standard InChI is InChI=1S/C18H23FN4O/c1-11-10-14(24)8-9-15(11)20-18-16(19)17(21-22-18)12-4-6-13(7-5-12)23(2)3/h4-10,16-18,20-22,24H,1-3H3. The molecule has 24 heavy (non-hydrogen) atoms. The molecular formula is C18H23FN4O. The number of nitrogens with zero attached hydrogens (tertiary/aromatic N) is 1. The molecule has 0 amide bonds. The first-order valence-corrected chi connectivity index (χ1v) is 7.94. The van der Waals surface area contributed by atoms with E-state index < -0.39 is 18.4 Å². The summed E-state index contributed by atoms with van der Waals surface area (Å²) in [5.74, 6) is 0.200. The number of hydrogen-bond acceptors (Lipinski definition) is 5. The van der Waals surface area contributed by atoms with Crippen molar-refractivity contribution >= 4 is 11.4 Å². The van der Waals surface area contributed by atoms with Crippen LogP contribution in [0.4, 0.5) is 15.8 Å². The third-order valence-electron chi connectivity index (χ3n) is 4.32. The summed E-state index contributed by atoms with van der Waals surface area (Å²) >= 11 is 0. The first kappa shape index (κ1) is 16.5. The minimum atomic E-state index is -1.14. The molecule has 1 aliphatic rings. The van der Waals surface area contributed by atoms with E-state index in [0.29, 0.717) is 0 Å². The van der Waals surface area contributed by atoms with E-state index in [2.05, 4.69) is 16.2 Å². The lowest BCUT2D eigenvalue weighted by molar-refractivity contribution is 0.288. The fraction of sp³-hybridized carbons (Fsp3) is 0.333. The number of hydrogen-bond donors (Lipinski definition) is 4. The lowest BCUT2D eigenvalue weighted by Crippen LogP contribution is -2.39. The monoisotopic (exact) mass is 330 g/mol. The van der Waals surface area contributed by atoms with Crippen LogP contribution in [0.2, 0.25) is 0 Å². The smallest absolute Gasteiger partial charge is 0.155 e. The molecule has 2 aromatic carbocycles. The number of rotatable bonds is 4. The van der Waals surface area contributed by atoms with Crippen molar-refractivity contribution in [2.24, 2.45) is 0 Å². The molecule has 0 aromatic heterocycles. The molecule has 3 atom stereocenters. The van der Waals surface area contributed by atoms with E-state index in [-0.39, 0.29) is 5.75 Å². The summed E-state index contributed by atoms with van der Waals surface area (Å²) < 4.78 is 14.8. The van der Waals surface area contributed by atoms with Crippen LogP contribution in [0.25, 0.3) is 0 Å². The number of alkyl halides is 1. The second-order valence-corrected chi connectivity index (χ2v) is 6.32. The van der Waals surface area contributed by atoms with Crippen LogP contribution in [0.15, 0.2) is 42.5 Å². The van der Waals surface area contributed by atoms with Crippen LogP contribution in [0, 0.1) is 6.92 Å². The molecule has 6 heteroatoms. The van der Waals surface area contributed by atoms with Crippen molar-refractivity contribution in [3.63, 3.8) is 0 Å². The molecule has 1 fully saturated rings. The van der Waals surface area contributed by atoms with E-state index in [1.807, 2.05) is 50.2 Å². The third-order valence-corrected chi connectivity index (χ3v) is 4.32. The highest BCUT2D eigenvalue weighted by atomic mass is 19.1. The van der Waals surface area contributed by atoms with Gasteiger partial charge in [0.25, 0.3) is 0 Å². The second-order valence-electron chi connectivity index (χ2n) is 6.32. The van der Waals surface area contributed by atoms with E-state index in [1.54, 1.807) is 18.2 Å². The number of phenols is 1. The summed E-state index contributed by atoms with van der Waals surface area (Å²) in [5, 5.41) is 12.6. The molecule has 3 rings (SSSR count). The number of aromatic hydroxyl groups is 1.